The summed E-state index contributed by atoms with van der Waals surface area (Å²) in [7, 11) is -3.35. The van der Waals surface area contributed by atoms with Crippen LogP contribution in [0.2, 0.25) is 0 Å². The summed E-state index contributed by atoms with van der Waals surface area (Å²) in [5, 5.41) is 0. The Balaban J connectivity index is 2.18. The number of halogens is 1. The Morgan fingerprint density at radius 3 is 2.67 bits per heavy atom. The predicted octanol–water partition coefficient (Wildman–Crippen LogP) is 2.62. The predicted molar refractivity (Wildman–Crippen MR) is 77.1 cm³/mol. The molecule has 0 saturated carbocycles. The first-order valence-corrected chi connectivity index (χ1v) is 8.09. The molecule has 0 aliphatic heterocycles. The molecule has 21 heavy (non-hydrogen) atoms. The van der Waals surface area contributed by atoms with Gasteiger partial charge in [0.15, 0.2) is 11.6 Å². The SMILES string of the molecule is C[C@H](NS(C)(=O)=O)c1ccc(Oc2cccnc2)c(F)c1. The number of benzene rings is 1. The van der Waals surface area contributed by atoms with Gasteiger partial charge < -0.3 is 4.74 Å². The van der Waals surface area contributed by atoms with Crippen LogP contribution in [-0.2, 0) is 10.0 Å². The fourth-order valence-electron chi connectivity index (χ4n) is 1.79. The highest BCUT2D eigenvalue weighted by Crippen LogP contribution is 2.26. The molecule has 0 aliphatic rings. The Hall–Kier alpha value is -1.99. The molecule has 0 fully saturated rings. The van der Waals surface area contributed by atoms with Crippen molar-refractivity contribution in [1.82, 2.24) is 9.71 Å². The summed E-state index contributed by atoms with van der Waals surface area (Å²) in [6.45, 7) is 1.64. The highest BCUT2D eigenvalue weighted by atomic mass is 32.2. The molecular weight excluding hydrogens is 295 g/mol. The number of ether oxygens (including phenoxy) is 1. The van der Waals surface area contributed by atoms with Gasteiger partial charge in [-0.25, -0.2) is 17.5 Å². The molecule has 0 aliphatic carbocycles. The number of pyridine rings is 1. The van der Waals surface area contributed by atoms with Crippen molar-refractivity contribution in [2.75, 3.05) is 6.26 Å². The lowest BCUT2D eigenvalue weighted by atomic mass is 10.1. The first-order valence-electron chi connectivity index (χ1n) is 6.20. The van der Waals surface area contributed by atoms with E-state index in [9.17, 15) is 12.8 Å². The van der Waals surface area contributed by atoms with Crippen LogP contribution in [0.3, 0.4) is 0 Å². The summed E-state index contributed by atoms with van der Waals surface area (Å²) in [6, 6.07) is 7.13. The third-order valence-corrected chi connectivity index (χ3v) is 3.49. The zero-order valence-electron chi connectivity index (χ0n) is 11.6. The van der Waals surface area contributed by atoms with Crippen LogP contribution in [0.15, 0.2) is 42.7 Å². The second-order valence-corrected chi connectivity index (χ2v) is 6.37. The van der Waals surface area contributed by atoms with Crippen LogP contribution in [0, 0.1) is 5.82 Å². The van der Waals surface area contributed by atoms with E-state index in [1.54, 1.807) is 31.3 Å². The van der Waals surface area contributed by atoms with Crippen LogP contribution in [0.1, 0.15) is 18.5 Å². The third-order valence-electron chi connectivity index (χ3n) is 2.71. The number of rotatable bonds is 5. The summed E-state index contributed by atoms with van der Waals surface area (Å²) in [4.78, 5) is 3.87. The number of nitrogens with zero attached hydrogens (tertiary/aromatic N) is 1. The lowest BCUT2D eigenvalue weighted by Crippen LogP contribution is -2.25. The van der Waals surface area contributed by atoms with Crippen LogP contribution in [-0.4, -0.2) is 19.7 Å². The average Bonchev–Trinajstić information content (AvgIpc) is 2.40. The molecule has 0 bridgehead atoms. The van der Waals surface area contributed by atoms with E-state index in [-0.39, 0.29) is 5.75 Å². The van der Waals surface area contributed by atoms with Gasteiger partial charge >= 0.3 is 0 Å². The summed E-state index contributed by atoms with van der Waals surface area (Å²) >= 11 is 0. The summed E-state index contributed by atoms with van der Waals surface area (Å²) in [5.41, 5.74) is 0.511. The van der Waals surface area contributed by atoms with Crippen LogP contribution in [0.5, 0.6) is 11.5 Å². The smallest absolute Gasteiger partial charge is 0.209 e. The van der Waals surface area contributed by atoms with Crippen molar-refractivity contribution >= 4 is 10.0 Å². The zero-order chi connectivity index (χ0) is 15.5. The van der Waals surface area contributed by atoms with Gasteiger partial charge in [0.1, 0.15) is 5.75 Å². The van der Waals surface area contributed by atoms with Crippen LogP contribution in [0.25, 0.3) is 0 Å². The molecule has 2 aromatic rings. The van der Waals surface area contributed by atoms with Crippen molar-refractivity contribution in [2.45, 2.75) is 13.0 Å². The largest absolute Gasteiger partial charge is 0.453 e. The quantitative estimate of drug-likeness (QED) is 0.922. The molecule has 5 nitrogen and oxygen atoms in total. The van der Waals surface area contributed by atoms with E-state index in [0.717, 1.165) is 6.26 Å². The van der Waals surface area contributed by atoms with Gasteiger partial charge in [0, 0.05) is 12.2 Å². The summed E-state index contributed by atoms with van der Waals surface area (Å²) in [5.74, 6) is -0.0942. The van der Waals surface area contributed by atoms with Gasteiger partial charge in [-0.2, -0.15) is 0 Å². The van der Waals surface area contributed by atoms with Gasteiger partial charge in [-0.15, -0.1) is 0 Å². The highest BCUT2D eigenvalue weighted by Gasteiger charge is 2.14. The van der Waals surface area contributed by atoms with Crippen molar-refractivity contribution in [2.24, 2.45) is 0 Å². The highest BCUT2D eigenvalue weighted by molar-refractivity contribution is 7.88. The molecule has 1 aromatic heterocycles. The Morgan fingerprint density at radius 2 is 2.10 bits per heavy atom. The molecule has 2 rings (SSSR count). The van der Waals surface area contributed by atoms with Crippen LogP contribution < -0.4 is 9.46 Å². The summed E-state index contributed by atoms with van der Waals surface area (Å²) in [6.07, 6.45) is 4.12. The lowest BCUT2D eigenvalue weighted by molar-refractivity contribution is 0.439. The summed E-state index contributed by atoms with van der Waals surface area (Å²) < 4.78 is 44.1. The van der Waals surface area contributed by atoms with E-state index < -0.39 is 21.9 Å². The van der Waals surface area contributed by atoms with Crippen LogP contribution >= 0.6 is 0 Å². The normalized spacial score (nSPS) is 12.9. The third kappa shape index (κ3) is 4.51. The van der Waals surface area contributed by atoms with E-state index in [1.165, 1.54) is 18.3 Å². The van der Waals surface area contributed by atoms with Gasteiger partial charge in [0.05, 0.1) is 12.5 Å². The van der Waals surface area contributed by atoms with E-state index in [4.69, 9.17) is 4.74 Å². The Bertz CT molecular complexity index is 720. The minimum Gasteiger partial charge on any atom is -0.453 e. The monoisotopic (exact) mass is 310 g/mol. The number of nitrogens with one attached hydrogen (secondary N) is 1. The van der Waals surface area contributed by atoms with Gasteiger partial charge in [-0.1, -0.05) is 6.07 Å². The lowest BCUT2D eigenvalue weighted by Gasteiger charge is -2.14. The number of sulfonamides is 1. The first kappa shape index (κ1) is 15.4. The second kappa shape index (κ2) is 6.19. The first-order chi connectivity index (χ1) is 9.85. The van der Waals surface area contributed by atoms with Gasteiger partial charge in [-0.05, 0) is 36.8 Å². The van der Waals surface area contributed by atoms with Gasteiger partial charge in [0.2, 0.25) is 10.0 Å². The minimum absolute atomic E-state index is 0.0540. The molecule has 0 saturated heterocycles. The minimum atomic E-state index is -3.35. The van der Waals surface area contributed by atoms with Crippen molar-refractivity contribution in [1.29, 1.82) is 0 Å². The molecule has 1 atom stereocenters. The molecule has 7 heteroatoms. The Morgan fingerprint density at radius 1 is 1.33 bits per heavy atom. The molecule has 112 valence electrons. The Labute approximate surface area is 122 Å². The maximum absolute atomic E-state index is 14.0. The fraction of sp³-hybridized carbons (Fsp3) is 0.214. The fourth-order valence-corrected chi connectivity index (χ4v) is 2.57. The molecule has 0 amide bonds. The molecule has 0 unspecified atom stereocenters. The van der Waals surface area contributed by atoms with Crippen molar-refractivity contribution < 1.29 is 17.5 Å². The maximum Gasteiger partial charge on any atom is 0.209 e. The van der Waals surface area contributed by atoms with Crippen molar-refractivity contribution in [3.63, 3.8) is 0 Å². The van der Waals surface area contributed by atoms with Gasteiger partial charge in [0.25, 0.3) is 0 Å². The van der Waals surface area contributed by atoms with Gasteiger partial charge in [-0.3, -0.25) is 4.98 Å². The number of hydrogen-bond donors (Lipinski definition) is 1. The number of hydrogen-bond acceptors (Lipinski definition) is 4. The number of aromatic nitrogens is 1. The maximum atomic E-state index is 14.0. The molecule has 0 radical (unpaired) electrons. The second-order valence-electron chi connectivity index (χ2n) is 4.59. The molecule has 1 heterocycles. The average molecular weight is 310 g/mol. The zero-order valence-corrected chi connectivity index (χ0v) is 12.4. The molecule has 1 N–H and O–H groups in total. The van der Waals surface area contributed by atoms with E-state index in [1.807, 2.05) is 0 Å². The van der Waals surface area contributed by atoms with E-state index in [0.29, 0.717) is 11.3 Å². The molecule has 1 aromatic carbocycles. The molecule has 0 spiro atoms. The van der Waals surface area contributed by atoms with Crippen molar-refractivity contribution in [3.05, 3.63) is 54.1 Å². The van der Waals surface area contributed by atoms with Crippen LogP contribution in [0.4, 0.5) is 4.39 Å². The van der Waals surface area contributed by atoms with Crippen molar-refractivity contribution in [3.8, 4) is 11.5 Å². The molecular formula is C14H15FN2O3S. The Kier molecular flexibility index (Phi) is 4.54. The topological polar surface area (TPSA) is 68.3 Å². The van der Waals surface area contributed by atoms with E-state index in [2.05, 4.69) is 9.71 Å². The standard InChI is InChI=1S/C14H15FN2O3S/c1-10(17-21(2,18)19)11-5-6-14(13(15)8-11)20-12-4-3-7-16-9-12/h3-10,17H,1-2H3/t10-/m0/s1. The van der Waals surface area contributed by atoms with E-state index >= 15 is 0 Å².